The summed E-state index contributed by atoms with van der Waals surface area (Å²) in [6.07, 6.45) is 2.14. The van der Waals surface area contributed by atoms with Crippen LogP contribution in [0.15, 0.2) is 18.2 Å². The average Bonchev–Trinajstić information content (AvgIpc) is 2.43. The van der Waals surface area contributed by atoms with Gasteiger partial charge in [0.15, 0.2) is 0 Å². The summed E-state index contributed by atoms with van der Waals surface area (Å²) in [6.45, 7) is 9.01. The third-order valence-electron chi connectivity index (χ3n) is 3.97. The molecule has 0 amide bonds. The zero-order chi connectivity index (χ0) is 15.4. The summed E-state index contributed by atoms with van der Waals surface area (Å²) >= 11 is 0. The highest BCUT2D eigenvalue weighted by Gasteiger charge is 2.28. The molecule has 2 atom stereocenters. The van der Waals surface area contributed by atoms with E-state index in [1.54, 1.807) is 6.07 Å². The van der Waals surface area contributed by atoms with E-state index >= 15 is 0 Å². The second-order valence-electron chi connectivity index (χ2n) is 6.21. The highest BCUT2D eigenvalue weighted by molar-refractivity contribution is 5.77. The van der Waals surface area contributed by atoms with E-state index in [4.69, 9.17) is 0 Å². The number of hydrogen-bond donors (Lipinski definition) is 1. The van der Waals surface area contributed by atoms with Crippen LogP contribution < -0.4 is 10.2 Å². The molecule has 1 aliphatic heterocycles. The van der Waals surface area contributed by atoms with Crippen LogP contribution in [0.5, 0.6) is 0 Å². The number of anilines is 2. The third-order valence-corrected chi connectivity index (χ3v) is 3.97. The molecule has 1 N–H and O–H groups in total. The van der Waals surface area contributed by atoms with Crippen molar-refractivity contribution in [2.75, 3.05) is 29.9 Å². The minimum Gasteiger partial charge on any atom is -0.379 e. The Bertz CT molecular complexity index is 494. The van der Waals surface area contributed by atoms with Gasteiger partial charge in [0, 0.05) is 19.6 Å². The van der Waals surface area contributed by atoms with E-state index in [2.05, 4.69) is 31.0 Å². The molecule has 21 heavy (non-hydrogen) atoms. The Balaban J connectivity index is 2.35. The van der Waals surface area contributed by atoms with E-state index in [1.807, 2.05) is 12.1 Å². The standard InChI is InChI=1S/C16H25N3O2/c1-4-8-17-14-6-5-7-15(16(14)19(20)21)18-10-12(2)9-13(3)11-18/h5-7,12-13,17H,4,8-11H2,1-3H3. The summed E-state index contributed by atoms with van der Waals surface area (Å²) in [6, 6.07) is 5.58. The van der Waals surface area contributed by atoms with Gasteiger partial charge in [-0.15, -0.1) is 0 Å². The van der Waals surface area contributed by atoms with Gasteiger partial charge >= 0.3 is 5.69 Å². The molecule has 1 aliphatic rings. The van der Waals surface area contributed by atoms with Gasteiger partial charge in [0.1, 0.15) is 11.4 Å². The summed E-state index contributed by atoms with van der Waals surface area (Å²) in [5.74, 6) is 1.14. The lowest BCUT2D eigenvalue weighted by atomic mass is 9.91. The van der Waals surface area contributed by atoms with Gasteiger partial charge in [-0.1, -0.05) is 26.8 Å². The van der Waals surface area contributed by atoms with Crippen LogP contribution in [-0.2, 0) is 0 Å². The first-order valence-corrected chi connectivity index (χ1v) is 7.79. The second kappa shape index (κ2) is 6.78. The third kappa shape index (κ3) is 3.65. The monoisotopic (exact) mass is 291 g/mol. The number of nitrogens with zero attached hydrogens (tertiary/aromatic N) is 2. The molecule has 5 nitrogen and oxygen atoms in total. The molecule has 1 aromatic rings. The molecule has 2 rings (SSSR count). The Hall–Kier alpha value is -1.78. The van der Waals surface area contributed by atoms with Gasteiger partial charge in [0.2, 0.25) is 0 Å². The minimum absolute atomic E-state index is 0.215. The van der Waals surface area contributed by atoms with Crippen molar-refractivity contribution in [3.63, 3.8) is 0 Å². The van der Waals surface area contributed by atoms with Crippen LogP contribution in [0.1, 0.15) is 33.6 Å². The fourth-order valence-corrected chi connectivity index (χ4v) is 3.24. The summed E-state index contributed by atoms with van der Waals surface area (Å²) in [4.78, 5) is 13.5. The largest absolute Gasteiger partial charge is 0.379 e. The summed E-state index contributed by atoms with van der Waals surface area (Å²) in [5, 5.41) is 14.7. The van der Waals surface area contributed by atoms with Crippen molar-refractivity contribution >= 4 is 17.1 Å². The number of nitro groups is 1. The Morgan fingerprint density at radius 1 is 1.33 bits per heavy atom. The fourth-order valence-electron chi connectivity index (χ4n) is 3.24. The van der Waals surface area contributed by atoms with E-state index in [-0.39, 0.29) is 10.6 Å². The number of benzene rings is 1. The highest BCUT2D eigenvalue weighted by Crippen LogP contribution is 2.38. The Labute approximate surface area is 126 Å². The molecule has 0 spiro atoms. The SMILES string of the molecule is CCCNc1cccc(N2CC(C)CC(C)C2)c1[N+](=O)[O-]. The maximum absolute atomic E-state index is 11.6. The molecule has 0 saturated carbocycles. The molecule has 2 unspecified atom stereocenters. The smallest absolute Gasteiger partial charge is 0.315 e. The van der Waals surface area contributed by atoms with Crippen LogP contribution >= 0.6 is 0 Å². The molecule has 116 valence electrons. The zero-order valence-corrected chi connectivity index (χ0v) is 13.1. The first-order chi connectivity index (χ1) is 10.0. The number of rotatable bonds is 5. The minimum atomic E-state index is -0.253. The van der Waals surface area contributed by atoms with Gasteiger partial charge in [0.05, 0.1) is 4.92 Å². The van der Waals surface area contributed by atoms with Crippen molar-refractivity contribution in [2.24, 2.45) is 11.8 Å². The van der Waals surface area contributed by atoms with E-state index < -0.39 is 0 Å². The second-order valence-corrected chi connectivity index (χ2v) is 6.21. The molecule has 1 fully saturated rings. The molecule has 1 heterocycles. The molecule has 0 aliphatic carbocycles. The van der Waals surface area contributed by atoms with Gasteiger partial charge in [-0.3, -0.25) is 10.1 Å². The van der Waals surface area contributed by atoms with Gasteiger partial charge in [-0.25, -0.2) is 0 Å². The Kier molecular flexibility index (Phi) is 5.04. The van der Waals surface area contributed by atoms with Crippen molar-refractivity contribution in [1.82, 2.24) is 0 Å². The summed E-state index contributed by atoms with van der Waals surface area (Å²) in [7, 11) is 0. The highest BCUT2D eigenvalue weighted by atomic mass is 16.6. The maximum atomic E-state index is 11.6. The van der Waals surface area contributed by atoms with E-state index in [0.717, 1.165) is 31.7 Å². The molecule has 0 radical (unpaired) electrons. The number of para-hydroxylation sites is 1. The summed E-state index contributed by atoms with van der Waals surface area (Å²) < 4.78 is 0. The van der Waals surface area contributed by atoms with E-state index in [0.29, 0.717) is 17.5 Å². The topological polar surface area (TPSA) is 58.4 Å². The predicted octanol–water partition coefficient (Wildman–Crippen LogP) is 3.90. The number of piperidine rings is 1. The van der Waals surface area contributed by atoms with Gasteiger partial charge in [0.25, 0.3) is 0 Å². The van der Waals surface area contributed by atoms with Crippen molar-refractivity contribution in [3.8, 4) is 0 Å². The normalized spacial score (nSPS) is 22.1. The van der Waals surface area contributed by atoms with Crippen molar-refractivity contribution < 1.29 is 4.92 Å². The van der Waals surface area contributed by atoms with Crippen molar-refractivity contribution in [3.05, 3.63) is 28.3 Å². The van der Waals surface area contributed by atoms with Crippen LogP contribution in [0.3, 0.4) is 0 Å². The molecule has 1 aromatic carbocycles. The van der Waals surface area contributed by atoms with Crippen LogP contribution in [0, 0.1) is 22.0 Å². The molecule has 0 bridgehead atoms. The van der Waals surface area contributed by atoms with E-state index in [1.165, 1.54) is 6.42 Å². The van der Waals surface area contributed by atoms with Crippen LogP contribution in [0.25, 0.3) is 0 Å². The average molecular weight is 291 g/mol. The first-order valence-electron chi connectivity index (χ1n) is 7.79. The molecule has 5 heteroatoms. The number of hydrogen-bond acceptors (Lipinski definition) is 4. The quantitative estimate of drug-likeness (QED) is 0.660. The van der Waals surface area contributed by atoms with Crippen molar-refractivity contribution in [1.29, 1.82) is 0 Å². The number of nitro benzene ring substituents is 1. The lowest BCUT2D eigenvalue weighted by Crippen LogP contribution is -2.39. The van der Waals surface area contributed by atoms with Gasteiger partial charge < -0.3 is 10.2 Å². The zero-order valence-electron chi connectivity index (χ0n) is 13.1. The lowest BCUT2D eigenvalue weighted by Gasteiger charge is -2.36. The lowest BCUT2D eigenvalue weighted by molar-refractivity contribution is -0.383. The van der Waals surface area contributed by atoms with Crippen LogP contribution in [-0.4, -0.2) is 24.6 Å². The number of nitrogens with one attached hydrogen (secondary N) is 1. The molecular weight excluding hydrogens is 266 g/mol. The summed E-state index contributed by atoms with van der Waals surface area (Å²) in [5.41, 5.74) is 1.59. The van der Waals surface area contributed by atoms with Gasteiger partial charge in [-0.05, 0) is 36.8 Å². The van der Waals surface area contributed by atoms with Crippen LogP contribution in [0.2, 0.25) is 0 Å². The van der Waals surface area contributed by atoms with Crippen molar-refractivity contribution in [2.45, 2.75) is 33.6 Å². The molecule has 0 aromatic heterocycles. The molecule has 1 saturated heterocycles. The molecular formula is C16H25N3O2. The Morgan fingerprint density at radius 2 is 2.00 bits per heavy atom. The fraction of sp³-hybridized carbons (Fsp3) is 0.625. The first kappa shape index (κ1) is 15.6. The van der Waals surface area contributed by atoms with Crippen LogP contribution in [0.4, 0.5) is 17.1 Å². The van der Waals surface area contributed by atoms with Gasteiger partial charge in [-0.2, -0.15) is 0 Å². The predicted molar refractivity (Wildman–Crippen MR) is 87.0 cm³/mol. The van der Waals surface area contributed by atoms with E-state index in [9.17, 15) is 10.1 Å². The maximum Gasteiger partial charge on any atom is 0.315 e. The Morgan fingerprint density at radius 3 is 2.57 bits per heavy atom.